The van der Waals surface area contributed by atoms with Crippen LogP contribution in [0.2, 0.25) is 0 Å². The maximum absolute atomic E-state index is 5.44. The van der Waals surface area contributed by atoms with Crippen LogP contribution in [0.15, 0.2) is 256 Å². The van der Waals surface area contributed by atoms with Crippen molar-refractivity contribution >= 4 is 65.4 Å². The number of hydrogen-bond acceptors (Lipinski definition) is 9. The van der Waals surface area contributed by atoms with E-state index < -0.39 is 0 Å². The van der Waals surface area contributed by atoms with E-state index in [4.69, 9.17) is 29.9 Å². The van der Waals surface area contributed by atoms with Crippen LogP contribution < -0.4 is 0 Å². The fourth-order valence-electron chi connectivity index (χ4n) is 11.7. The minimum atomic E-state index is 0.531. The molecule has 0 spiro atoms. The molecule has 12 nitrogen and oxygen atoms in total. The predicted octanol–water partition coefficient (Wildman–Crippen LogP) is 15.5. The van der Waals surface area contributed by atoms with Gasteiger partial charge in [0, 0.05) is 67.6 Å². The van der Waals surface area contributed by atoms with Crippen LogP contribution >= 0.6 is 0 Å². The van der Waals surface area contributed by atoms with Gasteiger partial charge >= 0.3 is 0 Å². The lowest BCUT2D eigenvalue weighted by molar-refractivity contribution is 1.04. The topological polar surface area (TPSA) is 131 Å². The average molecular weight is 1040 g/mol. The van der Waals surface area contributed by atoms with E-state index in [1.807, 2.05) is 36.4 Å². The van der Waals surface area contributed by atoms with Gasteiger partial charge in [0.05, 0.1) is 33.1 Å². The van der Waals surface area contributed by atoms with Crippen molar-refractivity contribution in [2.75, 3.05) is 0 Å². The minimum Gasteiger partial charge on any atom is -0.294 e. The summed E-state index contributed by atoms with van der Waals surface area (Å²) in [6.07, 6.45) is 10.1. The van der Waals surface area contributed by atoms with E-state index in [0.717, 1.165) is 133 Å². The summed E-state index contributed by atoms with van der Waals surface area (Å²) in [6, 6.07) is 76.5. The molecule has 0 saturated carbocycles. The molecule has 81 heavy (non-hydrogen) atoms. The molecule has 378 valence electrons. The molecule has 0 saturated heterocycles. The largest absolute Gasteiger partial charge is 0.294 e. The zero-order valence-corrected chi connectivity index (χ0v) is 43.1. The van der Waals surface area contributed by atoms with Gasteiger partial charge < -0.3 is 0 Å². The molecule has 9 aromatic carbocycles. The van der Waals surface area contributed by atoms with E-state index in [1.165, 1.54) is 0 Å². The van der Waals surface area contributed by atoms with Crippen LogP contribution in [0, 0.1) is 0 Å². The number of hydrogen-bond donors (Lipinski definition) is 0. The summed E-state index contributed by atoms with van der Waals surface area (Å²) in [7, 11) is 0. The molecule has 0 unspecified atom stereocenters. The molecule has 0 radical (unpaired) electrons. The third-order valence-corrected chi connectivity index (χ3v) is 15.4. The van der Waals surface area contributed by atoms with Crippen molar-refractivity contribution in [1.29, 1.82) is 0 Å². The van der Waals surface area contributed by atoms with E-state index in [9.17, 15) is 0 Å². The van der Waals surface area contributed by atoms with Crippen LogP contribution in [0.4, 0.5) is 0 Å². The van der Waals surface area contributed by atoms with E-state index >= 15 is 0 Å². The van der Waals surface area contributed by atoms with Crippen LogP contribution in [0.1, 0.15) is 0 Å². The molecule has 16 aromatic rings. The standard InChI is InChI=1S/C69H42N12/c1-4-10-43(11-5-1)46-16-22-58-52(34-46)55-37-49(19-25-61(55)79(58)64-28-31-70-40-73-64)67-76-68(50-20-26-62-56(38-50)53-35-47(44-12-6-2-7-13-44)17-23-59(53)80(62)65-29-32-71-41-74-65)78-69(77-67)51-21-27-63-57(39-51)54-36-48(45-14-8-3-9-15-45)18-24-60(54)81(63)66-30-33-72-42-75-66/h1-42H. The van der Waals surface area contributed by atoms with Gasteiger partial charge in [0.15, 0.2) is 17.5 Å². The number of nitrogens with zero attached hydrogens (tertiary/aromatic N) is 12. The Morgan fingerprint density at radius 3 is 0.716 bits per heavy atom. The molecule has 7 aromatic heterocycles. The monoisotopic (exact) mass is 1040 g/mol. The van der Waals surface area contributed by atoms with Crippen molar-refractivity contribution in [3.8, 4) is 85.0 Å². The molecule has 0 aliphatic carbocycles. The van der Waals surface area contributed by atoms with Gasteiger partial charge in [0.25, 0.3) is 0 Å². The highest BCUT2D eigenvalue weighted by atomic mass is 15.1. The maximum atomic E-state index is 5.44. The molecule has 16 rings (SSSR count). The zero-order valence-electron chi connectivity index (χ0n) is 43.1. The minimum absolute atomic E-state index is 0.531. The van der Waals surface area contributed by atoms with Gasteiger partial charge in [0.1, 0.15) is 36.4 Å². The fourth-order valence-corrected chi connectivity index (χ4v) is 11.7. The maximum Gasteiger partial charge on any atom is 0.164 e. The second kappa shape index (κ2) is 18.7. The Balaban J connectivity index is 0.939. The van der Waals surface area contributed by atoms with E-state index in [1.54, 1.807) is 37.6 Å². The van der Waals surface area contributed by atoms with Crippen molar-refractivity contribution in [3.63, 3.8) is 0 Å². The van der Waals surface area contributed by atoms with Crippen molar-refractivity contribution < 1.29 is 0 Å². The number of benzene rings is 9. The van der Waals surface area contributed by atoms with Crippen LogP contribution in [-0.2, 0) is 0 Å². The molecular weight excluding hydrogens is 997 g/mol. The Labute approximate surface area is 462 Å². The molecule has 0 atom stereocenters. The lowest BCUT2D eigenvalue weighted by Gasteiger charge is -2.10. The lowest BCUT2D eigenvalue weighted by atomic mass is 10.0. The third-order valence-electron chi connectivity index (χ3n) is 15.4. The lowest BCUT2D eigenvalue weighted by Crippen LogP contribution is -2.01. The third kappa shape index (κ3) is 7.72. The van der Waals surface area contributed by atoms with Gasteiger partial charge in [-0.2, -0.15) is 0 Å². The summed E-state index contributed by atoms with van der Waals surface area (Å²) >= 11 is 0. The summed E-state index contributed by atoms with van der Waals surface area (Å²) in [5.41, 5.74) is 15.3. The summed E-state index contributed by atoms with van der Waals surface area (Å²) in [6.45, 7) is 0. The summed E-state index contributed by atoms with van der Waals surface area (Å²) in [5.74, 6) is 3.91. The molecule has 0 aliphatic heterocycles. The molecule has 12 heteroatoms. The van der Waals surface area contributed by atoms with Gasteiger partial charge in [-0.1, -0.05) is 109 Å². The Bertz CT molecular complexity index is 4560. The van der Waals surface area contributed by atoms with E-state index in [-0.39, 0.29) is 0 Å². The van der Waals surface area contributed by atoms with Gasteiger partial charge in [0.2, 0.25) is 0 Å². The van der Waals surface area contributed by atoms with Crippen molar-refractivity contribution in [1.82, 2.24) is 58.6 Å². The smallest absolute Gasteiger partial charge is 0.164 e. The van der Waals surface area contributed by atoms with Crippen LogP contribution in [-0.4, -0.2) is 58.6 Å². The van der Waals surface area contributed by atoms with E-state index in [2.05, 4.69) is 211 Å². The highest BCUT2D eigenvalue weighted by Crippen LogP contribution is 2.41. The molecule has 0 amide bonds. The predicted molar refractivity (Wildman–Crippen MR) is 322 cm³/mol. The highest BCUT2D eigenvalue weighted by Gasteiger charge is 2.22. The van der Waals surface area contributed by atoms with Crippen molar-refractivity contribution in [3.05, 3.63) is 256 Å². The SMILES string of the molecule is c1ccc(-c2ccc3c(c2)c2cc(-c4nc(-c5ccc6c(c5)c5cc(-c7ccccc7)ccc5n6-c5ccncn5)nc(-c5ccc6c(c5)c5cc(-c7ccccc7)ccc5n6-c5ccncn5)n4)ccc2n3-c2ccncn2)cc1. The van der Waals surface area contributed by atoms with E-state index in [0.29, 0.717) is 17.5 Å². The Hall–Kier alpha value is -11.4. The van der Waals surface area contributed by atoms with Crippen molar-refractivity contribution in [2.45, 2.75) is 0 Å². The Kier molecular flexibility index (Phi) is 10.6. The summed E-state index contributed by atoms with van der Waals surface area (Å²) in [5, 5.41) is 6.31. The molecule has 0 bridgehead atoms. The van der Waals surface area contributed by atoms with Gasteiger partial charge in [-0.15, -0.1) is 0 Å². The molecule has 0 aliphatic rings. The number of rotatable bonds is 9. The first-order valence-corrected chi connectivity index (χ1v) is 26.6. The first-order chi connectivity index (χ1) is 40.1. The second-order valence-corrected chi connectivity index (χ2v) is 20.0. The molecule has 7 heterocycles. The first-order valence-electron chi connectivity index (χ1n) is 26.6. The normalized spacial score (nSPS) is 11.7. The van der Waals surface area contributed by atoms with Crippen molar-refractivity contribution in [2.24, 2.45) is 0 Å². The first kappa shape index (κ1) is 45.8. The average Bonchev–Trinajstić information content (AvgIpc) is 4.33. The quantitative estimate of drug-likeness (QED) is 0.139. The summed E-state index contributed by atoms with van der Waals surface area (Å²) in [4.78, 5) is 43.3. The Morgan fingerprint density at radius 2 is 0.469 bits per heavy atom. The van der Waals surface area contributed by atoms with Crippen LogP contribution in [0.25, 0.3) is 150 Å². The van der Waals surface area contributed by atoms with Crippen LogP contribution in [0.3, 0.4) is 0 Å². The highest BCUT2D eigenvalue weighted by molar-refractivity contribution is 6.14. The number of fused-ring (bicyclic) bond motifs is 9. The Morgan fingerprint density at radius 1 is 0.222 bits per heavy atom. The molecule has 0 fully saturated rings. The zero-order chi connectivity index (χ0) is 53.4. The second-order valence-electron chi connectivity index (χ2n) is 20.0. The molecule has 0 N–H and O–H groups in total. The molecular formula is C69H42N12. The van der Waals surface area contributed by atoms with Crippen LogP contribution in [0.5, 0.6) is 0 Å². The van der Waals surface area contributed by atoms with Gasteiger partial charge in [-0.3, -0.25) is 13.7 Å². The van der Waals surface area contributed by atoms with Gasteiger partial charge in [-0.25, -0.2) is 44.9 Å². The fraction of sp³-hybridized carbons (Fsp3) is 0. The van der Waals surface area contributed by atoms with Gasteiger partial charge in [-0.05, 0) is 143 Å². The number of aromatic nitrogens is 12. The summed E-state index contributed by atoms with van der Waals surface area (Å²) < 4.78 is 6.59.